The summed E-state index contributed by atoms with van der Waals surface area (Å²) in [6.45, 7) is 2.60. The van der Waals surface area contributed by atoms with E-state index < -0.39 is 0 Å². The minimum atomic E-state index is 0.700. The lowest BCUT2D eigenvalue weighted by atomic mass is 9.99. The molecule has 0 saturated carbocycles. The number of rotatable bonds is 5. The monoisotopic (exact) mass is 352 g/mol. The first-order chi connectivity index (χ1) is 12.7. The molecule has 0 spiro atoms. The molecular weight excluding hydrogens is 324 g/mol. The van der Waals surface area contributed by atoms with Crippen molar-refractivity contribution < 1.29 is 4.74 Å². The van der Waals surface area contributed by atoms with Crippen molar-refractivity contribution in [2.45, 2.75) is 25.9 Å². The quantitative estimate of drug-likeness (QED) is 0.642. The van der Waals surface area contributed by atoms with E-state index in [-0.39, 0.29) is 0 Å². The van der Waals surface area contributed by atoms with Crippen LogP contribution in [0.15, 0.2) is 47.5 Å². The molecule has 0 bridgehead atoms. The summed E-state index contributed by atoms with van der Waals surface area (Å²) < 4.78 is 5.27. The molecule has 1 heterocycles. The van der Waals surface area contributed by atoms with Crippen LogP contribution < -0.4 is 20.3 Å². The minimum absolute atomic E-state index is 0.700. The lowest BCUT2D eigenvalue weighted by Crippen LogP contribution is -2.36. The largest absolute Gasteiger partial charge is 0.497 e. The van der Waals surface area contributed by atoms with Gasteiger partial charge in [-0.25, -0.2) is 0 Å². The molecular formula is C21H28N4O. The third-order valence-corrected chi connectivity index (χ3v) is 4.77. The van der Waals surface area contributed by atoms with Crippen LogP contribution in [0.3, 0.4) is 0 Å². The van der Waals surface area contributed by atoms with Crippen LogP contribution in [0.1, 0.15) is 23.1 Å². The first kappa shape index (κ1) is 18.1. The lowest BCUT2D eigenvalue weighted by molar-refractivity contribution is 0.414. The topological polar surface area (TPSA) is 48.9 Å². The number of nitrogens with one attached hydrogen (secondary N) is 2. The molecule has 0 atom stereocenters. The van der Waals surface area contributed by atoms with Gasteiger partial charge in [-0.2, -0.15) is 0 Å². The Morgan fingerprint density at radius 2 is 1.88 bits per heavy atom. The van der Waals surface area contributed by atoms with E-state index in [1.165, 1.54) is 23.2 Å². The molecule has 2 aromatic rings. The maximum Gasteiger partial charge on any atom is 0.191 e. The highest BCUT2D eigenvalue weighted by Gasteiger charge is 2.13. The minimum Gasteiger partial charge on any atom is -0.497 e. The average molecular weight is 352 g/mol. The molecule has 0 radical (unpaired) electrons. The highest BCUT2D eigenvalue weighted by molar-refractivity contribution is 5.79. The normalized spacial score (nSPS) is 14.0. The lowest BCUT2D eigenvalue weighted by Gasteiger charge is -2.28. The predicted octanol–water partition coefficient (Wildman–Crippen LogP) is 2.94. The summed E-state index contributed by atoms with van der Waals surface area (Å²) in [7, 11) is 5.65. The molecule has 5 heteroatoms. The molecule has 1 aliphatic rings. The van der Waals surface area contributed by atoms with Gasteiger partial charge < -0.3 is 20.3 Å². The van der Waals surface area contributed by atoms with Crippen molar-refractivity contribution in [3.8, 4) is 5.75 Å². The number of hydrogen-bond acceptors (Lipinski definition) is 3. The molecule has 0 aliphatic carbocycles. The fourth-order valence-corrected chi connectivity index (χ4v) is 3.32. The van der Waals surface area contributed by atoms with E-state index in [0.717, 1.165) is 36.8 Å². The van der Waals surface area contributed by atoms with Gasteiger partial charge in [0.2, 0.25) is 0 Å². The number of aryl methyl sites for hydroxylation is 1. The van der Waals surface area contributed by atoms with Crippen molar-refractivity contribution in [1.29, 1.82) is 0 Å². The van der Waals surface area contributed by atoms with Crippen LogP contribution in [0, 0.1) is 0 Å². The second-order valence-electron chi connectivity index (χ2n) is 6.62. The van der Waals surface area contributed by atoms with Crippen LogP contribution in [-0.2, 0) is 19.5 Å². The first-order valence-corrected chi connectivity index (χ1v) is 9.10. The van der Waals surface area contributed by atoms with Gasteiger partial charge in [-0.3, -0.25) is 4.99 Å². The van der Waals surface area contributed by atoms with Crippen LogP contribution in [0.2, 0.25) is 0 Å². The van der Waals surface area contributed by atoms with Crippen LogP contribution in [0.25, 0.3) is 0 Å². The zero-order valence-corrected chi connectivity index (χ0v) is 15.9. The van der Waals surface area contributed by atoms with E-state index in [2.05, 4.69) is 51.8 Å². The maximum absolute atomic E-state index is 5.27. The van der Waals surface area contributed by atoms with Crippen molar-refractivity contribution in [1.82, 2.24) is 10.6 Å². The summed E-state index contributed by atoms with van der Waals surface area (Å²) >= 11 is 0. The van der Waals surface area contributed by atoms with Crippen LogP contribution in [0.5, 0.6) is 5.75 Å². The standard InChI is InChI=1S/C21H28N4O/c1-22-21(23-14-16-6-4-8-19(13-16)26-3)24-15-17-9-10-20-18(12-17)7-5-11-25(20)2/h4,6,8-10,12-13H,5,7,11,14-15H2,1-3H3,(H2,22,23,24). The first-order valence-electron chi connectivity index (χ1n) is 9.10. The highest BCUT2D eigenvalue weighted by atomic mass is 16.5. The average Bonchev–Trinajstić information content (AvgIpc) is 2.68. The molecule has 3 rings (SSSR count). The van der Waals surface area contributed by atoms with Gasteiger partial charge >= 0.3 is 0 Å². The van der Waals surface area contributed by atoms with E-state index in [1.54, 1.807) is 14.2 Å². The SMILES string of the molecule is CN=C(NCc1cccc(OC)c1)NCc1ccc2c(c1)CCCN2C. The van der Waals surface area contributed by atoms with E-state index in [1.807, 2.05) is 18.2 Å². The van der Waals surface area contributed by atoms with Gasteiger partial charge in [0, 0.05) is 39.4 Å². The van der Waals surface area contributed by atoms with E-state index >= 15 is 0 Å². The molecule has 0 aromatic heterocycles. The van der Waals surface area contributed by atoms with Crippen molar-refractivity contribution >= 4 is 11.6 Å². The fourth-order valence-electron chi connectivity index (χ4n) is 3.32. The zero-order chi connectivity index (χ0) is 18.4. The maximum atomic E-state index is 5.27. The summed E-state index contributed by atoms with van der Waals surface area (Å²) in [5.41, 5.74) is 5.24. The van der Waals surface area contributed by atoms with Crippen LogP contribution >= 0.6 is 0 Å². The number of ether oxygens (including phenoxy) is 1. The van der Waals surface area contributed by atoms with Gasteiger partial charge in [0.15, 0.2) is 5.96 Å². The van der Waals surface area contributed by atoms with E-state index in [9.17, 15) is 0 Å². The highest BCUT2D eigenvalue weighted by Crippen LogP contribution is 2.26. The van der Waals surface area contributed by atoms with Gasteiger partial charge in [-0.1, -0.05) is 24.3 Å². The second-order valence-corrected chi connectivity index (χ2v) is 6.62. The van der Waals surface area contributed by atoms with Gasteiger partial charge in [0.05, 0.1) is 7.11 Å². The number of benzene rings is 2. The number of guanidine groups is 1. The molecule has 5 nitrogen and oxygen atoms in total. The van der Waals surface area contributed by atoms with Gasteiger partial charge in [0.25, 0.3) is 0 Å². The van der Waals surface area contributed by atoms with Crippen molar-refractivity contribution in [3.63, 3.8) is 0 Å². The Bertz CT molecular complexity index is 772. The molecule has 0 amide bonds. The predicted molar refractivity (Wildman–Crippen MR) is 108 cm³/mol. The summed E-state index contributed by atoms with van der Waals surface area (Å²) in [5, 5.41) is 6.75. The molecule has 2 aromatic carbocycles. The Kier molecular flexibility index (Phi) is 6.00. The van der Waals surface area contributed by atoms with E-state index in [4.69, 9.17) is 4.74 Å². The van der Waals surface area contributed by atoms with Gasteiger partial charge in [-0.15, -0.1) is 0 Å². The number of nitrogens with zero attached hydrogens (tertiary/aromatic N) is 2. The molecule has 0 fully saturated rings. The number of hydrogen-bond donors (Lipinski definition) is 2. The van der Waals surface area contributed by atoms with Crippen LogP contribution in [-0.4, -0.2) is 33.7 Å². The van der Waals surface area contributed by atoms with Gasteiger partial charge in [0.1, 0.15) is 5.75 Å². The molecule has 138 valence electrons. The third-order valence-electron chi connectivity index (χ3n) is 4.77. The summed E-state index contributed by atoms with van der Waals surface area (Å²) in [5.74, 6) is 1.66. The molecule has 1 aliphatic heterocycles. The number of anilines is 1. The number of fused-ring (bicyclic) bond motifs is 1. The summed E-state index contributed by atoms with van der Waals surface area (Å²) in [6.07, 6.45) is 2.39. The van der Waals surface area contributed by atoms with Crippen molar-refractivity contribution in [2.24, 2.45) is 4.99 Å². The number of methoxy groups -OCH3 is 1. The molecule has 26 heavy (non-hydrogen) atoms. The zero-order valence-electron chi connectivity index (χ0n) is 15.9. The molecule has 2 N–H and O–H groups in total. The Balaban J connectivity index is 1.56. The Labute approximate surface area is 156 Å². The second kappa shape index (κ2) is 8.61. The molecule has 0 saturated heterocycles. The Hall–Kier alpha value is -2.69. The Morgan fingerprint density at radius 3 is 2.62 bits per heavy atom. The third kappa shape index (κ3) is 4.48. The smallest absolute Gasteiger partial charge is 0.191 e. The number of aliphatic imine (C=N–C) groups is 1. The Morgan fingerprint density at radius 1 is 1.12 bits per heavy atom. The van der Waals surface area contributed by atoms with Crippen molar-refractivity contribution in [2.75, 3.05) is 32.6 Å². The molecule has 0 unspecified atom stereocenters. The van der Waals surface area contributed by atoms with Gasteiger partial charge in [-0.05, 0) is 47.7 Å². The summed E-state index contributed by atoms with van der Waals surface area (Å²) in [6, 6.07) is 14.8. The fraction of sp³-hybridized carbons (Fsp3) is 0.381. The van der Waals surface area contributed by atoms with Crippen LogP contribution in [0.4, 0.5) is 5.69 Å². The van der Waals surface area contributed by atoms with E-state index in [0.29, 0.717) is 6.54 Å². The summed E-state index contributed by atoms with van der Waals surface area (Å²) in [4.78, 5) is 6.65. The van der Waals surface area contributed by atoms with Crippen molar-refractivity contribution in [3.05, 3.63) is 59.2 Å².